The van der Waals surface area contributed by atoms with E-state index in [4.69, 9.17) is 18.9 Å². The van der Waals surface area contributed by atoms with Crippen LogP contribution in [0.5, 0.6) is 0 Å². The lowest BCUT2D eigenvalue weighted by molar-refractivity contribution is -0.870. The van der Waals surface area contributed by atoms with Gasteiger partial charge in [-0.2, -0.15) is 0 Å². The highest BCUT2D eigenvalue weighted by Crippen LogP contribution is 2.14. The second-order valence-corrected chi connectivity index (χ2v) is 23.0. The Labute approximate surface area is 532 Å². The summed E-state index contributed by atoms with van der Waals surface area (Å²) < 4.78 is 22.7. The fraction of sp³-hybridized carbons (Fsp3) is 0.577. The van der Waals surface area contributed by atoms with Crippen LogP contribution in [0.4, 0.5) is 0 Å². The number of carbonyl (C=O) groups excluding carboxylic acids is 3. The summed E-state index contributed by atoms with van der Waals surface area (Å²) in [6.07, 6.45) is 98.1. The van der Waals surface area contributed by atoms with E-state index in [9.17, 15) is 19.5 Å². The molecule has 0 radical (unpaired) electrons. The number of allylic oxidation sites excluding steroid dienone is 30. The molecule has 2 unspecified atom stereocenters. The maximum Gasteiger partial charge on any atom is 0.306 e. The van der Waals surface area contributed by atoms with E-state index >= 15 is 0 Å². The number of aliphatic carboxylic acids is 1. The summed E-state index contributed by atoms with van der Waals surface area (Å²) >= 11 is 0. The van der Waals surface area contributed by atoms with Crippen LogP contribution in [0.25, 0.3) is 0 Å². The minimum atomic E-state index is -1.64. The third kappa shape index (κ3) is 67.8. The first-order valence-electron chi connectivity index (χ1n) is 33.9. The highest BCUT2D eigenvalue weighted by molar-refractivity contribution is 5.70. The Morgan fingerprint density at radius 3 is 0.920 bits per heavy atom. The van der Waals surface area contributed by atoms with Crippen molar-refractivity contribution in [2.45, 2.75) is 245 Å². The molecule has 0 spiro atoms. The van der Waals surface area contributed by atoms with Gasteiger partial charge in [-0.15, -0.1) is 0 Å². The van der Waals surface area contributed by atoms with Crippen molar-refractivity contribution in [1.82, 2.24) is 0 Å². The third-order valence-electron chi connectivity index (χ3n) is 13.6. The molecule has 0 amide bonds. The maximum atomic E-state index is 12.9. The lowest BCUT2D eigenvalue weighted by Gasteiger charge is -2.26. The van der Waals surface area contributed by atoms with Crippen LogP contribution in [0, 0.1) is 0 Å². The van der Waals surface area contributed by atoms with E-state index in [2.05, 4.69) is 196 Å². The molecular formula is C78H123NO8. The van der Waals surface area contributed by atoms with Crippen molar-refractivity contribution < 1.29 is 42.9 Å². The predicted molar refractivity (Wildman–Crippen MR) is 370 cm³/mol. The summed E-state index contributed by atoms with van der Waals surface area (Å²) in [5.74, 6) is -2.33. The number of nitrogens with zero attached hydrogens (tertiary/aromatic N) is 1. The van der Waals surface area contributed by atoms with Gasteiger partial charge in [-0.05, 0) is 135 Å². The number of esters is 2. The van der Waals surface area contributed by atoms with Gasteiger partial charge in [0, 0.05) is 12.8 Å². The Bertz CT molecular complexity index is 2080. The number of unbranched alkanes of at least 4 members (excludes halogenated alkanes) is 15. The van der Waals surface area contributed by atoms with Crippen molar-refractivity contribution in [1.29, 1.82) is 0 Å². The number of hydrogen-bond donors (Lipinski definition) is 0. The van der Waals surface area contributed by atoms with Crippen molar-refractivity contribution in [3.63, 3.8) is 0 Å². The topological polar surface area (TPSA) is 111 Å². The molecular weight excluding hydrogens is 1080 g/mol. The molecule has 0 fully saturated rings. The van der Waals surface area contributed by atoms with Crippen molar-refractivity contribution in [3.05, 3.63) is 182 Å². The predicted octanol–water partition coefficient (Wildman–Crippen LogP) is 19.9. The molecule has 488 valence electrons. The first-order valence-corrected chi connectivity index (χ1v) is 33.9. The monoisotopic (exact) mass is 1200 g/mol. The van der Waals surface area contributed by atoms with E-state index in [0.29, 0.717) is 17.4 Å². The quantitative estimate of drug-likeness (QED) is 0.0195. The van der Waals surface area contributed by atoms with Crippen LogP contribution < -0.4 is 5.11 Å². The van der Waals surface area contributed by atoms with Gasteiger partial charge in [0.25, 0.3) is 0 Å². The van der Waals surface area contributed by atoms with Crippen LogP contribution in [-0.2, 0) is 33.3 Å². The van der Waals surface area contributed by atoms with Crippen molar-refractivity contribution in [2.24, 2.45) is 0 Å². The summed E-state index contributed by atoms with van der Waals surface area (Å²) in [6.45, 7) is 4.47. The Balaban J connectivity index is 4.27. The largest absolute Gasteiger partial charge is 0.545 e. The average molecular weight is 1200 g/mol. The van der Waals surface area contributed by atoms with Gasteiger partial charge in [0.05, 0.1) is 40.3 Å². The second-order valence-electron chi connectivity index (χ2n) is 23.0. The van der Waals surface area contributed by atoms with Gasteiger partial charge in [0.1, 0.15) is 13.2 Å². The van der Waals surface area contributed by atoms with Gasteiger partial charge in [-0.1, -0.05) is 267 Å². The number of likely N-dealkylation sites (N-methyl/N-ethyl adjacent to an activating group) is 1. The highest BCUT2D eigenvalue weighted by atomic mass is 16.7. The minimum Gasteiger partial charge on any atom is -0.545 e. The Morgan fingerprint density at radius 1 is 0.345 bits per heavy atom. The summed E-state index contributed by atoms with van der Waals surface area (Å²) in [5, 5.41) is 11.8. The number of carboxylic acids is 1. The molecule has 0 N–H and O–H groups in total. The molecule has 0 rings (SSSR count). The molecule has 0 aliphatic carbocycles. The summed E-state index contributed by atoms with van der Waals surface area (Å²) in [5.41, 5.74) is 0. The fourth-order valence-corrected chi connectivity index (χ4v) is 8.53. The molecule has 0 aromatic heterocycles. The van der Waals surface area contributed by atoms with Gasteiger partial charge >= 0.3 is 11.9 Å². The van der Waals surface area contributed by atoms with Gasteiger partial charge < -0.3 is 33.3 Å². The minimum absolute atomic E-state index is 0.133. The SMILES string of the molecule is CC/C=C\C/C=C\C/C=C\C/C=C\C/C=C\C/C=C\C/C=C\C/C=C\CCCCCCCCC(=O)OC(COC(=O)CCCCCCCCCCC/C=C\C/C=C\C/C=C\C/C=C\C/C=C\C/C=C\C/C=C\CC)COC(OCC[N+](C)(C)C)C(=O)[O-]. The van der Waals surface area contributed by atoms with Crippen molar-refractivity contribution in [3.8, 4) is 0 Å². The molecule has 2 atom stereocenters. The van der Waals surface area contributed by atoms with Crippen LogP contribution in [0.1, 0.15) is 232 Å². The summed E-state index contributed by atoms with van der Waals surface area (Å²) in [6, 6.07) is 0. The molecule has 0 aliphatic rings. The van der Waals surface area contributed by atoms with Crippen LogP contribution in [0.2, 0.25) is 0 Å². The van der Waals surface area contributed by atoms with E-state index in [1.54, 1.807) is 0 Å². The van der Waals surface area contributed by atoms with Crippen molar-refractivity contribution in [2.75, 3.05) is 47.5 Å². The Hall–Kier alpha value is -5.61. The van der Waals surface area contributed by atoms with E-state index in [1.807, 2.05) is 21.1 Å². The lowest BCUT2D eigenvalue weighted by Crippen LogP contribution is -2.44. The van der Waals surface area contributed by atoms with E-state index in [0.717, 1.165) is 167 Å². The van der Waals surface area contributed by atoms with E-state index in [-0.39, 0.29) is 38.6 Å². The molecule has 0 aromatic rings. The normalized spacial score (nSPS) is 13.9. The second kappa shape index (κ2) is 66.3. The van der Waals surface area contributed by atoms with Gasteiger partial charge in [-0.25, -0.2) is 0 Å². The lowest BCUT2D eigenvalue weighted by atomic mass is 10.1. The maximum absolute atomic E-state index is 12.9. The number of quaternary nitrogens is 1. The number of ether oxygens (including phenoxy) is 4. The molecule has 0 heterocycles. The van der Waals surface area contributed by atoms with Crippen molar-refractivity contribution >= 4 is 17.9 Å². The van der Waals surface area contributed by atoms with Gasteiger partial charge in [-0.3, -0.25) is 9.59 Å². The number of rotatable bonds is 60. The molecule has 0 aliphatic heterocycles. The summed E-state index contributed by atoms with van der Waals surface area (Å²) in [4.78, 5) is 37.5. The van der Waals surface area contributed by atoms with Crippen LogP contribution in [-0.4, -0.2) is 82.3 Å². The Kier molecular flexibility index (Phi) is 62.1. The smallest absolute Gasteiger partial charge is 0.306 e. The molecule has 87 heavy (non-hydrogen) atoms. The van der Waals surface area contributed by atoms with Crippen LogP contribution in [0.3, 0.4) is 0 Å². The molecule has 0 bridgehead atoms. The standard InChI is InChI=1S/C78H123NO8/c1-6-8-10-12-14-16-18-20-22-24-26-28-30-32-34-36-38-40-42-44-46-48-50-52-54-56-58-60-62-64-66-68-75(80)85-72-74(73-86-78(77(82)83)84-71-70-79(3,4)5)87-76(81)69-67-65-63-61-59-57-55-53-51-49-47-45-43-41-39-37-35-33-31-29-27-25-23-21-19-17-15-13-11-9-7-2/h8-11,14-17,20-23,26-29,32-35,38-41,44-47,51,53,74,78H,6-7,12-13,18-19,24-25,30-31,36-37,42-43,48-50,52,54-73H2,1-5H3/b10-8-,11-9-,16-14-,17-15-,22-20-,23-21-,28-26-,29-27-,34-32-,35-33-,40-38-,41-39-,46-44-,47-45-,53-51-. The third-order valence-corrected chi connectivity index (χ3v) is 13.6. The van der Waals surface area contributed by atoms with Crippen LogP contribution >= 0.6 is 0 Å². The summed E-state index contributed by atoms with van der Waals surface area (Å²) in [7, 11) is 5.91. The number of hydrogen-bond acceptors (Lipinski definition) is 8. The number of carboxylic acid groups (broad SMARTS) is 1. The van der Waals surface area contributed by atoms with Crippen LogP contribution in [0.15, 0.2) is 182 Å². The molecule has 9 nitrogen and oxygen atoms in total. The average Bonchev–Trinajstić information content (AvgIpc) is 3.56. The fourth-order valence-electron chi connectivity index (χ4n) is 8.53. The first-order chi connectivity index (χ1) is 42.6. The first kappa shape index (κ1) is 81.4. The molecule has 9 heteroatoms. The molecule has 0 aromatic carbocycles. The number of carbonyl (C=O) groups is 3. The molecule has 0 saturated carbocycles. The highest BCUT2D eigenvalue weighted by Gasteiger charge is 2.22. The van der Waals surface area contributed by atoms with Gasteiger partial charge in [0.15, 0.2) is 12.4 Å². The Morgan fingerprint density at radius 2 is 0.621 bits per heavy atom. The zero-order valence-electron chi connectivity index (χ0n) is 55.6. The van der Waals surface area contributed by atoms with Gasteiger partial charge in [0.2, 0.25) is 0 Å². The van der Waals surface area contributed by atoms with E-state index in [1.165, 1.54) is 32.1 Å². The zero-order valence-corrected chi connectivity index (χ0v) is 55.6. The molecule has 0 saturated heterocycles. The zero-order chi connectivity index (χ0) is 63.3. The van der Waals surface area contributed by atoms with E-state index < -0.39 is 24.3 Å².